The van der Waals surface area contributed by atoms with Crippen LogP contribution in [0.1, 0.15) is 21.4 Å². The van der Waals surface area contributed by atoms with E-state index < -0.39 is 0 Å². The number of hydrogen-bond donors (Lipinski definition) is 0. The summed E-state index contributed by atoms with van der Waals surface area (Å²) in [5.41, 5.74) is 0. The smallest absolute Gasteiger partial charge is 1.00 e. The maximum Gasteiger partial charge on any atom is 1.00 e. The van der Waals surface area contributed by atoms with Crippen molar-refractivity contribution in [3.05, 3.63) is 0 Å². The molecule has 0 aromatic rings. The van der Waals surface area contributed by atoms with Gasteiger partial charge in [-0.25, -0.2) is 0 Å². The largest absolute Gasteiger partial charge is 1.00 e. The maximum atomic E-state index is 0. The van der Waals surface area contributed by atoms with E-state index in [-0.39, 0.29) is 792 Å². The summed E-state index contributed by atoms with van der Waals surface area (Å²) < 4.78 is 0. The van der Waals surface area contributed by atoms with Gasteiger partial charge < -0.3 is 21.4 Å². The Morgan fingerprint density at radius 1 is 0.133 bits per heavy atom. The Morgan fingerprint density at radius 3 is 0.133 bits per heavy atom. The van der Waals surface area contributed by atoms with E-state index >= 15 is 0 Å². The van der Waals surface area contributed by atoms with Crippen LogP contribution in [0.15, 0.2) is 0 Å². The van der Waals surface area contributed by atoms with Gasteiger partial charge in [0.25, 0.3) is 0 Å². The predicted octanol–water partition coefficient (Wildman–Crippen LogP) is -43.3. The molecule has 0 aliphatic carbocycles. The molecule has 0 spiro atoms. The second-order valence-corrected chi connectivity index (χ2v) is 0. The minimum Gasteiger partial charge on any atom is -1.00 e. The normalized spacial score (nSPS) is 0. The molecule has 0 nitrogen and oxygen atoms in total. The predicted molar refractivity (Wildman–Crippen MR) is 16.7 cm³/mol. The molecule has 30 valence electrons. The van der Waals surface area contributed by atoms with Crippen molar-refractivity contribution in [3.63, 3.8) is 0 Å². The van der Waals surface area contributed by atoms with Crippen LogP contribution in [0.4, 0.5) is 0 Å². The molecule has 0 rings (SSSR count). The van der Waals surface area contributed by atoms with Crippen LogP contribution in [0.3, 0.4) is 0 Å². The molecule has 0 aromatic carbocycles. The molecule has 0 N–H and O–H groups in total. The third-order valence-corrected chi connectivity index (χ3v) is 0. The molecule has 0 aliphatic rings. The fourth-order valence-corrected chi connectivity index (χ4v) is 0. The van der Waals surface area contributed by atoms with Gasteiger partial charge in [-0.2, -0.15) is 0 Å². The molecule has 0 heterocycles. The first kappa shape index (κ1) is 97.5. The minimum atomic E-state index is 0. The van der Waals surface area contributed by atoms with Crippen molar-refractivity contribution < 1.29 is 792 Å². The average molecular weight is 602 g/mol. The van der Waals surface area contributed by atoms with Crippen molar-refractivity contribution in [3.8, 4) is 0 Å². The summed E-state index contributed by atoms with van der Waals surface area (Å²) in [7, 11) is 0. The van der Waals surface area contributed by atoms with Gasteiger partial charge in [-0.15, -0.1) is 0 Å². The quantitative estimate of drug-likeness (QED) is 0.242. The van der Waals surface area contributed by atoms with Crippen LogP contribution in [-0.2, 0) is 0 Å². The van der Waals surface area contributed by atoms with E-state index in [0.29, 0.717) is 0 Å². The molecule has 0 amide bonds. The average Bonchev–Trinajstić information content (AvgIpc) is 0. The first-order chi connectivity index (χ1) is 0. The fraction of sp³-hybridized carbons (Fsp3) is 0. The Labute approximate surface area is 757 Å². The summed E-state index contributed by atoms with van der Waals surface area (Å²) in [6.07, 6.45) is 0. The summed E-state index contributed by atoms with van der Waals surface area (Å²) >= 11 is 0. The molecular weight excluding hydrogens is 586 g/mol. The Hall–Kier alpha value is 24.5. The van der Waals surface area contributed by atoms with Crippen molar-refractivity contribution in [2.24, 2.45) is 0 Å². The molecule has 15 heavy (non-hydrogen) atoms. The van der Waals surface area contributed by atoms with Gasteiger partial charge in [0, 0.05) is 0 Å². The molecular formula is H15K15. The molecule has 0 aromatic heterocycles. The van der Waals surface area contributed by atoms with E-state index in [1.54, 1.807) is 0 Å². The Balaban J connectivity index is 0. The first-order valence-corrected chi connectivity index (χ1v) is 0. The standard InChI is InChI=1S/15K.15H/q15*+1;15*-1. The number of rotatable bonds is 0. The molecule has 15 heteroatoms. The fourth-order valence-electron chi connectivity index (χ4n) is 0. The van der Waals surface area contributed by atoms with Crippen LogP contribution in [0.5, 0.6) is 0 Å². The van der Waals surface area contributed by atoms with Gasteiger partial charge in [-0.1, -0.05) is 0 Å². The van der Waals surface area contributed by atoms with E-state index in [2.05, 4.69) is 0 Å². The van der Waals surface area contributed by atoms with E-state index in [1.807, 2.05) is 0 Å². The van der Waals surface area contributed by atoms with Crippen LogP contribution < -0.4 is 771 Å². The van der Waals surface area contributed by atoms with Crippen LogP contribution in [0.25, 0.3) is 0 Å². The Bertz CT molecular complexity index is 30.0. The summed E-state index contributed by atoms with van der Waals surface area (Å²) in [6.45, 7) is 0. The molecule has 0 radical (unpaired) electrons. The van der Waals surface area contributed by atoms with Gasteiger partial charge >= 0.3 is 771 Å². The third-order valence-electron chi connectivity index (χ3n) is 0. The van der Waals surface area contributed by atoms with Gasteiger partial charge in [0.2, 0.25) is 0 Å². The van der Waals surface area contributed by atoms with E-state index in [1.165, 1.54) is 0 Å². The van der Waals surface area contributed by atoms with Gasteiger partial charge in [0.05, 0.1) is 0 Å². The summed E-state index contributed by atoms with van der Waals surface area (Å²) in [5, 5.41) is 0. The molecule has 0 fully saturated rings. The monoisotopic (exact) mass is 600 g/mol. The Morgan fingerprint density at radius 2 is 0.133 bits per heavy atom. The van der Waals surface area contributed by atoms with E-state index in [0.717, 1.165) is 0 Å². The maximum absolute atomic E-state index is 0. The van der Waals surface area contributed by atoms with Crippen molar-refractivity contribution in [1.82, 2.24) is 0 Å². The SMILES string of the molecule is [H-].[H-].[H-].[H-].[H-].[H-].[H-].[H-].[H-].[H-].[H-].[H-].[H-].[H-].[H-].[K+].[K+].[K+].[K+].[K+].[K+].[K+].[K+].[K+].[K+].[K+].[K+].[K+].[K+].[K+]. The summed E-state index contributed by atoms with van der Waals surface area (Å²) in [6, 6.07) is 0. The van der Waals surface area contributed by atoms with Crippen molar-refractivity contribution >= 4 is 0 Å². The Kier molecular flexibility index (Phi) is 586. The third kappa shape index (κ3) is 85.4. The van der Waals surface area contributed by atoms with Crippen molar-refractivity contribution in [2.45, 2.75) is 0 Å². The van der Waals surface area contributed by atoms with Crippen LogP contribution >= 0.6 is 0 Å². The van der Waals surface area contributed by atoms with Gasteiger partial charge in [-0.05, 0) is 0 Å². The summed E-state index contributed by atoms with van der Waals surface area (Å²) in [5.74, 6) is 0. The van der Waals surface area contributed by atoms with E-state index in [9.17, 15) is 0 Å². The van der Waals surface area contributed by atoms with Gasteiger partial charge in [0.15, 0.2) is 0 Å². The van der Waals surface area contributed by atoms with Gasteiger partial charge in [0.1, 0.15) is 0 Å². The van der Waals surface area contributed by atoms with Crippen molar-refractivity contribution in [2.75, 3.05) is 0 Å². The molecule has 0 saturated heterocycles. The number of hydrogen-bond acceptors (Lipinski definition) is 0. The van der Waals surface area contributed by atoms with E-state index in [4.69, 9.17) is 0 Å². The molecule has 0 saturated carbocycles. The molecule has 0 atom stereocenters. The second-order valence-electron chi connectivity index (χ2n) is 0. The zero-order valence-corrected chi connectivity index (χ0v) is 61.8. The van der Waals surface area contributed by atoms with Crippen LogP contribution in [-0.4, -0.2) is 0 Å². The molecule has 0 aliphatic heterocycles. The molecule has 0 unspecified atom stereocenters. The van der Waals surface area contributed by atoms with Gasteiger partial charge in [-0.3, -0.25) is 0 Å². The van der Waals surface area contributed by atoms with Crippen LogP contribution in [0.2, 0.25) is 0 Å². The zero-order valence-electron chi connectivity index (χ0n) is 30.0. The topological polar surface area (TPSA) is 0 Å². The second kappa shape index (κ2) is 90.2. The zero-order chi connectivity index (χ0) is 0. The molecule has 0 bridgehead atoms. The summed E-state index contributed by atoms with van der Waals surface area (Å²) in [4.78, 5) is 0. The first-order valence-electron chi connectivity index (χ1n) is 0. The van der Waals surface area contributed by atoms with Crippen LogP contribution in [0, 0.1) is 0 Å². The minimum absolute atomic E-state index is 0. The van der Waals surface area contributed by atoms with Crippen molar-refractivity contribution in [1.29, 1.82) is 0 Å².